The summed E-state index contributed by atoms with van der Waals surface area (Å²) in [7, 11) is 0. The molecule has 30 heavy (non-hydrogen) atoms. The van der Waals surface area contributed by atoms with Gasteiger partial charge in [0.05, 0.1) is 17.8 Å². The SMILES string of the molecule is CCOC(=O)c1cnc2ccc(Cl)cc2c1Nc1ccc(N2CCC(C)CC2)cc1. The molecule has 3 aromatic rings. The lowest BCUT2D eigenvalue weighted by molar-refractivity contribution is 0.0527. The highest BCUT2D eigenvalue weighted by Gasteiger charge is 2.18. The van der Waals surface area contributed by atoms with Gasteiger partial charge in [0.25, 0.3) is 0 Å². The number of hydrogen-bond acceptors (Lipinski definition) is 5. The van der Waals surface area contributed by atoms with Crippen LogP contribution in [0.4, 0.5) is 17.1 Å². The summed E-state index contributed by atoms with van der Waals surface area (Å²) in [5.41, 5.74) is 3.91. The predicted molar refractivity (Wildman–Crippen MR) is 123 cm³/mol. The molecule has 1 saturated heterocycles. The highest BCUT2D eigenvalue weighted by molar-refractivity contribution is 6.31. The van der Waals surface area contributed by atoms with Crippen molar-refractivity contribution < 1.29 is 9.53 Å². The van der Waals surface area contributed by atoms with Crippen LogP contribution >= 0.6 is 11.6 Å². The zero-order chi connectivity index (χ0) is 21.1. The summed E-state index contributed by atoms with van der Waals surface area (Å²) in [4.78, 5) is 19.4. The Morgan fingerprint density at radius 1 is 1.20 bits per heavy atom. The van der Waals surface area contributed by atoms with Gasteiger partial charge in [-0.15, -0.1) is 0 Å². The predicted octanol–water partition coefficient (Wildman–Crippen LogP) is 6.04. The van der Waals surface area contributed by atoms with E-state index in [0.717, 1.165) is 35.6 Å². The molecular formula is C24H26ClN3O2. The van der Waals surface area contributed by atoms with E-state index in [1.165, 1.54) is 18.5 Å². The van der Waals surface area contributed by atoms with Crippen LogP contribution in [0.5, 0.6) is 0 Å². The van der Waals surface area contributed by atoms with Crippen LogP contribution < -0.4 is 10.2 Å². The quantitative estimate of drug-likeness (QED) is 0.506. The number of pyridine rings is 1. The van der Waals surface area contributed by atoms with Crippen molar-refractivity contribution in [2.24, 2.45) is 5.92 Å². The van der Waals surface area contributed by atoms with Gasteiger partial charge in [0.2, 0.25) is 0 Å². The van der Waals surface area contributed by atoms with Gasteiger partial charge < -0.3 is 15.0 Å². The molecule has 1 N–H and O–H groups in total. The van der Waals surface area contributed by atoms with Gasteiger partial charge in [0.1, 0.15) is 5.56 Å². The first-order valence-electron chi connectivity index (χ1n) is 10.4. The first-order valence-corrected chi connectivity index (χ1v) is 10.8. The summed E-state index contributed by atoms with van der Waals surface area (Å²) < 4.78 is 5.23. The van der Waals surface area contributed by atoms with Crippen LogP contribution in [0.15, 0.2) is 48.7 Å². The summed E-state index contributed by atoms with van der Waals surface area (Å²) in [6.45, 7) is 6.59. The smallest absolute Gasteiger partial charge is 0.341 e. The van der Waals surface area contributed by atoms with Crippen LogP contribution in [0.25, 0.3) is 10.9 Å². The number of nitrogens with zero attached hydrogens (tertiary/aromatic N) is 2. The van der Waals surface area contributed by atoms with Crippen molar-refractivity contribution in [1.29, 1.82) is 0 Å². The van der Waals surface area contributed by atoms with Gasteiger partial charge in [-0.2, -0.15) is 0 Å². The molecule has 1 aliphatic heterocycles. The summed E-state index contributed by atoms with van der Waals surface area (Å²) in [5.74, 6) is 0.392. The summed E-state index contributed by atoms with van der Waals surface area (Å²) in [6.07, 6.45) is 4.01. The number of carbonyl (C=O) groups is 1. The summed E-state index contributed by atoms with van der Waals surface area (Å²) >= 11 is 6.23. The normalized spacial score (nSPS) is 14.7. The second-order valence-corrected chi connectivity index (χ2v) is 8.21. The van der Waals surface area contributed by atoms with Gasteiger partial charge in [0, 0.05) is 41.1 Å². The second-order valence-electron chi connectivity index (χ2n) is 7.77. The molecule has 1 aromatic heterocycles. The van der Waals surface area contributed by atoms with E-state index < -0.39 is 5.97 Å². The average molecular weight is 424 g/mol. The van der Waals surface area contributed by atoms with Gasteiger partial charge in [0.15, 0.2) is 0 Å². The van der Waals surface area contributed by atoms with E-state index in [4.69, 9.17) is 16.3 Å². The molecule has 1 fully saturated rings. The van der Waals surface area contributed by atoms with Crippen LogP contribution in [0.3, 0.4) is 0 Å². The Labute approximate surface area is 182 Å². The van der Waals surface area contributed by atoms with Gasteiger partial charge in [-0.3, -0.25) is 4.98 Å². The van der Waals surface area contributed by atoms with Crippen molar-refractivity contribution in [1.82, 2.24) is 4.98 Å². The van der Waals surface area contributed by atoms with E-state index >= 15 is 0 Å². The minimum absolute atomic E-state index is 0.301. The molecule has 1 aliphatic rings. The first kappa shape index (κ1) is 20.5. The second kappa shape index (κ2) is 8.92. The van der Waals surface area contributed by atoms with E-state index in [-0.39, 0.29) is 0 Å². The Kier molecular flexibility index (Phi) is 6.09. The molecule has 0 saturated carbocycles. The number of esters is 1. The first-order chi connectivity index (χ1) is 14.5. The van der Waals surface area contributed by atoms with Crippen LogP contribution in [-0.4, -0.2) is 30.6 Å². The number of fused-ring (bicyclic) bond motifs is 1. The van der Waals surface area contributed by atoms with Gasteiger partial charge in [-0.25, -0.2) is 4.79 Å². The summed E-state index contributed by atoms with van der Waals surface area (Å²) in [6, 6.07) is 13.8. The van der Waals surface area contributed by atoms with E-state index in [0.29, 0.717) is 22.9 Å². The third kappa shape index (κ3) is 4.36. The van der Waals surface area contributed by atoms with Gasteiger partial charge >= 0.3 is 5.97 Å². The fourth-order valence-corrected chi connectivity index (χ4v) is 4.00. The maximum atomic E-state index is 12.5. The van der Waals surface area contributed by atoms with Crippen molar-refractivity contribution in [2.75, 3.05) is 29.9 Å². The third-order valence-corrected chi connectivity index (χ3v) is 5.85. The van der Waals surface area contributed by atoms with Crippen molar-refractivity contribution >= 4 is 45.5 Å². The molecule has 0 aliphatic carbocycles. The third-order valence-electron chi connectivity index (χ3n) is 5.61. The van der Waals surface area contributed by atoms with Gasteiger partial charge in [-0.1, -0.05) is 18.5 Å². The zero-order valence-electron chi connectivity index (χ0n) is 17.3. The molecule has 0 amide bonds. The highest BCUT2D eigenvalue weighted by Crippen LogP contribution is 2.32. The number of nitrogens with one attached hydrogen (secondary N) is 1. The van der Waals surface area contributed by atoms with Crippen molar-refractivity contribution in [2.45, 2.75) is 26.7 Å². The van der Waals surface area contributed by atoms with Crippen LogP contribution in [0.2, 0.25) is 5.02 Å². The lowest BCUT2D eigenvalue weighted by Crippen LogP contribution is -2.32. The molecule has 2 heterocycles. The lowest BCUT2D eigenvalue weighted by Gasteiger charge is -2.32. The molecule has 2 aromatic carbocycles. The van der Waals surface area contributed by atoms with Crippen molar-refractivity contribution in [3.05, 3.63) is 59.2 Å². The van der Waals surface area contributed by atoms with Crippen molar-refractivity contribution in [3.63, 3.8) is 0 Å². The number of ether oxygens (including phenoxy) is 1. The number of aromatic nitrogens is 1. The number of hydrogen-bond donors (Lipinski definition) is 1. The molecule has 0 bridgehead atoms. The maximum absolute atomic E-state index is 12.5. The Balaban J connectivity index is 1.66. The number of rotatable bonds is 5. The zero-order valence-corrected chi connectivity index (χ0v) is 18.1. The Morgan fingerprint density at radius 2 is 1.93 bits per heavy atom. The van der Waals surface area contributed by atoms with E-state index in [9.17, 15) is 4.79 Å². The molecule has 6 heteroatoms. The minimum Gasteiger partial charge on any atom is -0.462 e. The monoisotopic (exact) mass is 423 g/mol. The van der Waals surface area contributed by atoms with Crippen LogP contribution in [0, 0.1) is 5.92 Å². The Morgan fingerprint density at radius 3 is 2.63 bits per heavy atom. The largest absolute Gasteiger partial charge is 0.462 e. The van der Waals surface area contributed by atoms with E-state index in [2.05, 4.69) is 34.3 Å². The molecular weight excluding hydrogens is 398 g/mol. The van der Waals surface area contributed by atoms with Gasteiger partial charge in [-0.05, 0) is 68.1 Å². The number of halogens is 1. The molecule has 0 unspecified atom stereocenters. The van der Waals surface area contributed by atoms with Crippen LogP contribution in [0.1, 0.15) is 37.0 Å². The Hall–Kier alpha value is -2.79. The van der Waals surface area contributed by atoms with E-state index in [1.54, 1.807) is 19.2 Å². The van der Waals surface area contributed by atoms with E-state index in [1.807, 2.05) is 24.3 Å². The lowest BCUT2D eigenvalue weighted by atomic mass is 9.99. The number of benzene rings is 2. The molecule has 0 radical (unpaired) electrons. The fraction of sp³-hybridized carbons (Fsp3) is 0.333. The molecule has 0 atom stereocenters. The van der Waals surface area contributed by atoms with Crippen LogP contribution in [-0.2, 0) is 4.74 Å². The molecule has 5 nitrogen and oxygen atoms in total. The molecule has 0 spiro atoms. The number of piperidine rings is 1. The number of anilines is 3. The summed E-state index contributed by atoms with van der Waals surface area (Å²) in [5, 5.41) is 4.77. The average Bonchev–Trinajstić information content (AvgIpc) is 2.75. The molecule has 156 valence electrons. The number of carbonyl (C=O) groups excluding carboxylic acids is 1. The minimum atomic E-state index is -0.409. The Bertz CT molecular complexity index is 1040. The molecule has 4 rings (SSSR count). The maximum Gasteiger partial charge on any atom is 0.341 e. The van der Waals surface area contributed by atoms with Crippen molar-refractivity contribution in [3.8, 4) is 0 Å². The fourth-order valence-electron chi connectivity index (χ4n) is 3.83. The topological polar surface area (TPSA) is 54.5 Å². The standard InChI is InChI=1S/C24H26ClN3O2/c1-3-30-24(29)21-15-26-22-9-4-17(25)14-20(22)23(21)27-18-5-7-19(8-6-18)28-12-10-16(2)11-13-28/h4-9,14-16H,3,10-13H2,1-2H3,(H,26,27). The highest BCUT2D eigenvalue weighted by atomic mass is 35.5.